The van der Waals surface area contributed by atoms with Crippen molar-refractivity contribution in [2.75, 3.05) is 0 Å². The Morgan fingerprint density at radius 3 is 2.47 bits per heavy atom. The van der Waals surface area contributed by atoms with Gasteiger partial charge in [-0.3, -0.25) is 0 Å². The zero-order valence-electron chi connectivity index (χ0n) is 9.35. The third-order valence-electron chi connectivity index (χ3n) is 2.37. The minimum atomic E-state index is -4.75. The second-order valence-electron chi connectivity index (χ2n) is 3.75. The molecule has 1 N–H and O–H groups in total. The summed E-state index contributed by atoms with van der Waals surface area (Å²) in [7, 11) is 0. The van der Waals surface area contributed by atoms with Crippen molar-refractivity contribution >= 4 is 11.7 Å². The predicted octanol–water partition coefficient (Wildman–Crippen LogP) is 2.16. The van der Waals surface area contributed by atoms with Gasteiger partial charge in [0.1, 0.15) is 5.75 Å². The molecule has 0 saturated heterocycles. The van der Waals surface area contributed by atoms with E-state index in [-0.39, 0.29) is 12.2 Å². The Bertz CT molecular complexity index is 510. The fourth-order valence-electron chi connectivity index (χ4n) is 1.53. The second kappa shape index (κ2) is 4.79. The van der Waals surface area contributed by atoms with Crippen LogP contribution in [0, 0.1) is 0 Å². The second-order valence-corrected chi connectivity index (χ2v) is 3.75. The predicted molar refractivity (Wildman–Crippen MR) is 56.8 cm³/mol. The summed E-state index contributed by atoms with van der Waals surface area (Å²) in [5, 5.41) is 12.3. The summed E-state index contributed by atoms with van der Waals surface area (Å²) in [4.78, 5) is 15.3. The highest BCUT2D eigenvalue weighted by Gasteiger charge is 2.31. The SMILES string of the molecule is O=C(O)C1CC(c2ccc(OC(F)(F)F)cc2)=NO1. The maximum atomic E-state index is 12.0. The first-order valence-corrected chi connectivity index (χ1v) is 5.17. The number of aliphatic carboxylic acids is 1. The topological polar surface area (TPSA) is 68.1 Å². The van der Waals surface area contributed by atoms with Crippen LogP contribution in [0.2, 0.25) is 0 Å². The molecular formula is C11H8F3NO4. The van der Waals surface area contributed by atoms with Crippen molar-refractivity contribution in [1.29, 1.82) is 0 Å². The van der Waals surface area contributed by atoms with Gasteiger partial charge in [0.2, 0.25) is 6.10 Å². The lowest BCUT2D eigenvalue weighted by Crippen LogP contribution is -2.20. The lowest BCUT2D eigenvalue weighted by atomic mass is 10.1. The molecule has 1 aromatic rings. The third kappa shape index (κ3) is 3.36. The Morgan fingerprint density at radius 2 is 2.00 bits per heavy atom. The first kappa shape index (κ1) is 13.2. The summed E-state index contributed by atoms with van der Waals surface area (Å²) in [6.07, 6.45) is -5.74. The number of carbonyl (C=O) groups is 1. The summed E-state index contributed by atoms with van der Waals surface area (Å²) in [6.45, 7) is 0. The molecule has 8 heteroatoms. The molecule has 0 aromatic heterocycles. The summed E-state index contributed by atoms with van der Waals surface area (Å²) in [5.74, 6) is -1.50. The van der Waals surface area contributed by atoms with Crippen molar-refractivity contribution in [3.05, 3.63) is 29.8 Å². The molecule has 1 aliphatic rings. The van der Waals surface area contributed by atoms with Crippen LogP contribution in [0.4, 0.5) is 13.2 Å². The van der Waals surface area contributed by atoms with E-state index in [0.29, 0.717) is 11.3 Å². The van der Waals surface area contributed by atoms with Crippen LogP contribution in [-0.4, -0.2) is 29.3 Å². The zero-order chi connectivity index (χ0) is 14.0. The Kier molecular flexibility index (Phi) is 3.32. The maximum Gasteiger partial charge on any atom is 0.573 e. The Hall–Kier alpha value is -2.25. The number of alkyl halides is 3. The highest BCUT2D eigenvalue weighted by molar-refractivity contribution is 6.03. The molecule has 1 aromatic carbocycles. The van der Waals surface area contributed by atoms with Gasteiger partial charge in [-0.05, 0) is 29.8 Å². The molecule has 0 spiro atoms. The normalized spacial score (nSPS) is 18.7. The number of oxime groups is 1. The summed E-state index contributed by atoms with van der Waals surface area (Å²) in [6, 6.07) is 4.96. The molecule has 0 aliphatic carbocycles. The molecule has 0 saturated carbocycles. The van der Waals surface area contributed by atoms with Crippen molar-refractivity contribution < 1.29 is 32.6 Å². The zero-order valence-corrected chi connectivity index (χ0v) is 9.35. The molecule has 2 rings (SSSR count). The van der Waals surface area contributed by atoms with E-state index < -0.39 is 18.4 Å². The lowest BCUT2D eigenvalue weighted by Gasteiger charge is -2.08. The van der Waals surface area contributed by atoms with Gasteiger partial charge in [0.05, 0.1) is 5.71 Å². The first-order chi connectivity index (χ1) is 8.85. The van der Waals surface area contributed by atoms with E-state index in [0.717, 1.165) is 12.1 Å². The van der Waals surface area contributed by atoms with Crippen LogP contribution in [0.5, 0.6) is 5.75 Å². The van der Waals surface area contributed by atoms with Crippen molar-refractivity contribution in [3.8, 4) is 5.75 Å². The number of ether oxygens (including phenoxy) is 1. The number of hydrogen-bond acceptors (Lipinski definition) is 4. The van der Waals surface area contributed by atoms with E-state index in [2.05, 4.69) is 14.7 Å². The first-order valence-electron chi connectivity index (χ1n) is 5.17. The van der Waals surface area contributed by atoms with E-state index in [1.807, 2.05) is 0 Å². The average molecular weight is 275 g/mol. The Labute approximate surface area is 105 Å². The summed E-state index contributed by atoms with van der Waals surface area (Å²) in [5.41, 5.74) is 0.851. The van der Waals surface area contributed by atoms with Gasteiger partial charge in [-0.15, -0.1) is 13.2 Å². The number of carboxylic acid groups (broad SMARTS) is 1. The molecule has 1 atom stereocenters. The van der Waals surface area contributed by atoms with Crippen molar-refractivity contribution in [2.24, 2.45) is 5.16 Å². The van der Waals surface area contributed by atoms with E-state index in [1.165, 1.54) is 12.1 Å². The monoisotopic (exact) mass is 275 g/mol. The van der Waals surface area contributed by atoms with Crippen molar-refractivity contribution in [1.82, 2.24) is 0 Å². The van der Waals surface area contributed by atoms with Crippen LogP contribution in [0.25, 0.3) is 0 Å². The van der Waals surface area contributed by atoms with E-state index in [1.54, 1.807) is 0 Å². The number of benzene rings is 1. The van der Waals surface area contributed by atoms with Gasteiger partial charge in [0.25, 0.3) is 0 Å². The van der Waals surface area contributed by atoms with E-state index in [9.17, 15) is 18.0 Å². The van der Waals surface area contributed by atoms with Crippen molar-refractivity contribution in [2.45, 2.75) is 18.9 Å². The van der Waals surface area contributed by atoms with Crippen LogP contribution in [0.3, 0.4) is 0 Å². The summed E-state index contributed by atoms with van der Waals surface area (Å²) >= 11 is 0. The van der Waals surface area contributed by atoms with E-state index in [4.69, 9.17) is 5.11 Å². The average Bonchev–Trinajstić information content (AvgIpc) is 2.77. The van der Waals surface area contributed by atoms with Gasteiger partial charge in [0, 0.05) is 6.42 Å². The van der Waals surface area contributed by atoms with Crippen LogP contribution in [0.1, 0.15) is 12.0 Å². The number of halogens is 3. The number of hydrogen-bond donors (Lipinski definition) is 1. The molecule has 0 radical (unpaired) electrons. The maximum absolute atomic E-state index is 12.0. The van der Waals surface area contributed by atoms with Gasteiger partial charge in [-0.2, -0.15) is 0 Å². The van der Waals surface area contributed by atoms with Gasteiger partial charge in [-0.25, -0.2) is 4.79 Å². The van der Waals surface area contributed by atoms with Crippen LogP contribution < -0.4 is 4.74 Å². The molecule has 1 aliphatic heterocycles. The largest absolute Gasteiger partial charge is 0.573 e. The quantitative estimate of drug-likeness (QED) is 0.917. The fourth-order valence-corrected chi connectivity index (χ4v) is 1.53. The standard InChI is InChI=1S/C11H8F3NO4/c12-11(13,14)18-7-3-1-6(2-4-7)8-5-9(10(16)17)19-15-8/h1-4,9H,5H2,(H,16,17). The molecule has 1 heterocycles. The number of nitrogens with zero attached hydrogens (tertiary/aromatic N) is 1. The Morgan fingerprint density at radius 1 is 1.37 bits per heavy atom. The Balaban J connectivity index is 2.06. The highest BCUT2D eigenvalue weighted by atomic mass is 19.4. The molecule has 102 valence electrons. The minimum absolute atomic E-state index is 0.0643. The van der Waals surface area contributed by atoms with Crippen molar-refractivity contribution in [3.63, 3.8) is 0 Å². The van der Waals surface area contributed by atoms with Crippen LogP contribution in [0.15, 0.2) is 29.4 Å². The van der Waals surface area contributed by atoms with Crippen LogP contribution >= 0.6 is 0 Å². The van der Waals surface area contributed by atoms with Crippen LogP contribution in [-0.2, 0) is 9.63 Å². The molecule has 1 unspecified atom stereocenters. The van der Waals surface area contributed by atoms with Gasteiger partial charge in [0.15, 0.2) is 0 Å². The third-order valence-corrected chi connectivity index (χ3v) is 2.37. The number of rotatable bonds is 3. The molecule has 0 fully saturated rings. The molecule has 19 heavy (non-hydrogen) atoms. The minimum Gasteiger partial charge on any atom is -0.478 e. The lowest BCUT2D eigenvalue weighted by molar-refractivity contribution is -0.274. The fraction of sp³-hybridized carbons (Fsp3) is 0.273. The molecular weight excluding hydrogens is 267 g/mol. The number of carboxylic acids is 1. The van der Waals surface area contributed by atoms with Gasteiger partial charge in [-0.1, -0.05) is 5.16 Å². The summed E-state index contributed by atoms with van der Waals surface area (Å²) < 4.78 is 39.6. The molecule has 5 nitrogen and oxygen atoms in total. The van der Waals surface area contributed by atoms with E-state index >= 15 is 0 Å². The molecule has 0 amide bonds. The van der Waals surface area contributed by atoms with Gasteiger partial charge >= 0.3 is 12.3 Å². The smallest absolute Gasteiger partial charge is 0.478 e. The molecule has 0 bridgehead atoms. The highest BCUT2D eigenvalue weighted by Crippen LogP contribution is 2.24. The van der Waals surface area contributed by atoms with Gasteiger partial charge < -0.3 is 14.7 Å².